The minimum absolute atomic E-state index is 0.383. The van der Waals surface area contributed by atoms with Crippen molar-refractivity contribution < 1.29 is 0 Å². The average Bonchev–Trinajstić information content (AvgIpc) is 2.42. The normalized spacial score (nSPS) is 14.2. The summed E-state index contributed by atoms with van der Waals surface area (Å²) >= 11 is 6.16. The van der Waals surface area contributed by atoms with Gasteiger partial charge in [0.25, 0.3) is 0 Å². The number of pyridine rings is 1. The first-order valence-electron chi connectivity index (χ1n) is 6.08. The summed E-state index contributed by atoms with van der Waals surface area (Å²) in [5.74, 6) is 0. The molecular weight excluding hydrogens is 244 g/mol. The van der Waals surface area contributed by atoms with E-state index in [2.05, 4.69) is 24.0 Å². The number of halogens is 1. The molecule has 0 saturated carbocycles. The van der Waals surface area contributed by atoms with Crippen molar-refractivity contribution in [2.24, 2.45) is 5.73 Å². The molecule has 0 bridgehead atoms. The number of hydrogen-bond acceptors (Lipinski definition) is 2. The zero-order valence-electron chi connectivity index (χ0n) is 10.4. The first kappa shape index (κ1) is 13.1. The van der Waals surface area contributed by atoms with Crippen molar-refractivity contribution in [1.29, 1.82) is 0 Å². The first-order valence-corrected chi connectivity index (χ1v) is 6.46. The van der Waals surface area contributed by atoms with Crippen LogP contribution in [0.15, 0.2) is 48.8 Å². The maximum atomic E-state index is 6.54. The van der Waals surface area contributed by atoms with Gasteiger partial charge < -0.3 is 5.73 Å². The highest BCUT2D eigenvalue weighted by Crippen LogP contribution is 2.28. The summed E-state index contributed by atoms with van der Waals surface area (Å²) in [7, 11) is 0. The number of nitrogens with two attached hydrogens (primary N) is 1. The average molecular weight is 261 g/mol. The number of rotatable bonds is 4. The Morgan fingerprint density at radius 2 is 1.94 bits per heavy atom. The molecule has 0 aliphatic heterocycles. The minimum Gasteiger partial charge on any atom is -0.321 e. The summed E-state index contributed by atoms with van der Waals surface area (Å²) in [4.78, 5) is 4.00. The molecule has 18 heavy (non-hydrogen) atoms. The van der Waals surface area contributed by atoms with Crippen LogP contribution < -0.4 is 5.73 Å². The molecule has 1 aromatic carbocycles. The molecule has 1 unspecified atom stereocenters. The molecule has 3 heteroatoms. The van der Waals surface area contributed by atoms with Gasteiger partial charge in [0.2, 0.25) is 0 Å². The minimum atomic E-state index is -0.383. The molecule has 0 spiro atoms. The fourth-order valence-corrected chi connectivity index (χ4v) is 2.27. The highest BCUT2D eigenvalue weighted by Gasteiger charge is 2.26. The number of hydrogen-bond donors (Lipinski definition) is 1. The molecule has 0 fully saturated rings. The van der Waals surface area contributed by atoms with Crippen molar-refractivity contribution in [3.63, 3.8) is 0 Å². The van der Waals surface area contributed by atoms with Crippen LogP contribution in [0.1, 0.15) is 24.5 Å². The van der Waals surface area contributed by atoms with E-state index in [1.54, 1.807) is 12.4 Å². The van der Waals surface area contributed by atoms with Crippen LogP contribution in [-0.4, -0.2) is 4.98 Å². The maximum Gasteiger partial charge on any atom is 0.0622 e. The summed E-state index contributed by atoms with van der Waals surface area (Å²) in [5, 5.41) is 0.678. The third-order valence-electron chi connectivity index (χ3n) is 3.34. The molecular formula is C15H17ClN2. The van der Waals surface area contributed by atoms with E-state index in [1.807, 2.05) is 24.3 Å². The lowest BCUT2D eigenvalue weighted by molar-refractivity contribution is 0.425. The van der Waals surface area contributed by atoms with Crippen LogP contribution in [0.4, 0.5) is 0 Å². The molecule has 1 atom stereocenters. The van der Waals surface area contributed by atoms with Crippen LogP contribution >= 0.6 is 11.6 Å². The van der Waals surface area contributed by atoms with Crippen LogP contribution in [-0.2, 0) is 12.0 Å². The van der Waals surface area contributed by atoms with E-state index in [0.717, 1.165) is 24.0 Å². The molecule has 0 aliphatic rings. The van der Waals surface area contributed by atoms with Crippen molar-refractivity contribution >= 4 is 11.6 Å². The second kappa shape index (κ2) is 5.51. The van der Waals surface area contributed by atoms with Gasteiger partial charge in [-0.2, -0.15) is 0 Å². The summed E-state index contributed by atoms with van der Waals surface area (Å²) in [6, 6.07) is 12.1. The topological polar surface area (TPSA) is 38.9 Å². The van der Waals surface area contributed by atoms with Gasteiger partial charge in [-0.25, -0.2) is 0 Å². The third kappa shape index (κ3) is 2.71. The molecule has 1 heterocycles. The van der Waals surface area contributed by atoms with E-state index in [4.69, 9.17) is 17.3 Å². The van der Waals surface area contributed by atoms with Gasteiger partial charge in [-0.05, 0) is 30.0 Å². The van der Waals surface area contributed by atoms with Crippen molar-refractivity contribution in [2.45, 2.75) is 25.3 Å². The Morgan fingerprint density at radius 1 is 1.22 bits per heavy atom. The Balaban J connectivity index is 2.32. The standard InChI is InChI=1S/C15H17ClN2/c1-2-15(17,13-6-4-3-5-7-13)10-12-8-9-18-11-14(12)16/h3-9,11H,2,10,17H2,1H3. The van der Waals surface area contributed by atoms with Gasteiger partial charge in [0, 0.05) is 17.9 Å². The predicted octanol–water partition coefficient (Wildman–Crippen LogP) is 3.54. The largest absolute Gasteiger partial charge is 0.321 e. The summed E-state index contributed by atoms with van der Waals surface area (Å²) in [6.45, 7) is 2.10. The Hall–Kier alpha value is -1.38. The Morgan fingerprint density at radius 3 is 2.56 bits per heavy atom. The van der Waals surface area contributed by atoms with Crippen LogP contribution in [0, 0.1) is 0 Å². The monoisotopic (exact) mass is 260 g/mol. The lowest BCUT2D eigenvalue weighted by Gasteiger charge is -2.29. The van der Waals surface area contributed by atoms with Crippen molar-refractivity contribution in [2.75, 3.05) is 0 Å². The van der Waals surface area contributed by atoms with Crippen LogP contribution in [0.5, 0.6) is 0 Å². The maximum absolute atomic E-state index is 6.54. The molecule has 2 rings (SSSR count). The highest BCUT2D eigenvalue weighted by atomic mass is 35.5. The van der Waals surface area contributed by atoms with Crippen molar-refractivity contribution in [3.8, 4) is 0 Å². The summed E-state index contributed by atoms with van der Waals surface area (Å²) in [5.41, 5.74) is 8.34. The van der Waals surface area contributed by atoms with Gasteiger partial charge in [-0.15, -0.1) is 0 Å². The molecule has 2 nitrogen and oxygen atoms in total. The van der Waals surface area contributed by atoms with E-state index in [0.29, 0.717) is 5.02 Å². The zero-order valence-corrected chi connectivity index (χ0v) is 11.2. The van der Waals surface area contributed by atoms with Crippen LogP contribution in [0.25, 0.3) is 0 Å². The fraction of sp³-hybridized carbons (Fsp3) is 0.267. The fourth-order valence-electron chi connectivity index (χ4n) is 2.09. The molecule has 94 valence electrons. The summed E-state index contributed by atoms with van der Waals surface area (Å²) in [6.07, 6.45) is 4.99. The second-order valence-electron chi connectivity index (χ2n) is 4.52. The first-order chi connectivity index (χ1) is 8.65. The Bertz CT molecular complexity index is 513. The van der Waals surface area contributed by atoms with E-state index < -0.39 is 0 Å². The number of benzene rings is 1. The zero-order chi connectivity index (χ0) is 13.0. The SMILES string of the molecule is CCC(N)(Cc1ccncc1Cl)c1ccccc1. The van der Waals surface area contributed by atoms with Crippen LogP contribution in [0.2, 0.25) is 5.02 Å². The lowest BCUT2D eigenvalue weighted by Crippen LogP contribution is -2.38. The smallest absolute Gasteiger partial charge is 0.0622 e. The van der Waals surface area contributed by atoms with Gasteiger partial charge in [-0.1, -0.05) is 48.9 Å². The van der Waals surface area contributed by atoms with E-state index in [1.165, 1.54) is 0 Å². The van der Waals surface area contributed by atoms with Gasteiger partial charge in [0.15, 0.2) is 0 Å². The summed E-state index contributed by atoms with van der Waals surface area (Å²) < 4.78 is 0. The Kier molecular flexibility index (Phi) is 4.00. The molecule has 0 saturated heterocycles. The van der Waals surface area contributed by atoms with E-state index >= 15 is 0 Å². The van der Waals surface area contributed by atoms with Crippen molar-refractivity contribution in [3.05, 3.63) is 64.9 Å². The van der Waals surface area contributed by atoms with Gasteiger partial charge in [0.05, 0.1) is 5.02 Å². The molecule has 2 aromatic rings. The lowest BCUT2D eigenvalue weighted by atomic mass is 9.83. The van der Waals surface area contributed by atoms with E-state index in [-0.39, 0.29) is 5.54 Å². The molecule has 0 amide bonds. The molecule has 2 N–H and O–H groups in total. The number of aromatic nitrogens is 1. The van der Waals surface area contributed by atoms with Crippen molar-refractivity contribution in [1.82, 2.24) is 4.98 Å². The van der Waals surface area contributed by atoms with Gasteiger partial charge in [-0.3, -0.25) is 4.98 Å². The number of nitrogens with zero attached hydrogens (tertiary/aromatic N) is 1. The predicted molar refractivity (Wildman–Crippen MR) is 75.5 cm³/mol. The highest BCUT2D eigenvalue weighted by molar-refractivity contribution is 6.31. The second-order valence-corrected chi connectivity index (χ2v) is 4.93. The Labute approximate surface area is 113 Å². The van der Waals surface area contributed by atoms with Gasteiger partial charge in [0.1, 0.15) is 0 Å². The molecule has 0 aliphatic carbocycles. The molecule has 0 radical (unpaired) electrons. The molecule has 1 aromatic heterocycles. The van der Waals surface area contributed by atoms with E-state index in [9.17, 15) is 0 Å². The quantitative estimate of drug-likeness (QED) is 0.913. The van der Waals surface area contributed by atoms with Crippen LogP contribution in [0.3, 0.4) is 0 Å². The third-order valence-corrected chi connectivity index (χ3v) is 3.68. The van der Waals surface area contributed by atoms with Gasteiger partial charge >= 0.3 is 0 Å².